The summed E-state index contributed by atoms with van der Waals surface area (Å²) >= 11 is 0. The fourth-order valence-corrected chi connectivity index (χ4v) is 1.09. The zero-order valence-corrected chi connectivity index (χ0v) is 4.17. The van der Waals surface area contributed by atoms with E-state index in [0.29, 0.717) is 0 Å². The molecule has 0 nitrogen and oxygen atoms in total. The van der Waals surface area contributed by atoms with Crippen LogP contribution in [0.4, 0.5) is 0 Å². The summed E-state index contributed by atoms with van der Waals surface area (Å²) in [4.78, 5) is 0. The van der Waals surface area contributed by atoms with Crippen molar-refractivity contribution < 1.29 is 0 Å². The van der Waals surface area contributed by atoms with Crippen LogP contribution in [-0.2, 0) is 0 Å². The van der Waals surface area contributed by atoms with Crippen molar-refractivity contribution >= 4 is 0 Å². The molecule has 2 aliphatic carbocycles. The van der Waals surface area contributed by atoms with Gasteiger partial charge in [0.1, 0.15) is 0 Å². The highest BCUT2D eigenvalue weighted by atomic mass is 14.4. The number of hydrogen-bond donors (Lipinski definition) is 0. The highest BCUT2D eigenvalue weighted by Gasteiger charge is 2.32. The zero-order valence-electron chi connectivity index (χ0n) is 4.17. The molecule has 1 fully saturated rings. The van der Waals surface area contributed by atoms with E-state index >= 15 is 0 Å². The Hall–Kier alpha value is -0.520. The molecule has 0 saturated heterocycles. The lowest BCUT2D eigenvalue weighted by Gasteiger charge is -1.87. The Kier molecular flexibility index (Phi) is 0.498. The predicted molar refractivity (Wildman–Crippen MR) is 29.9 cm³/mol. The standard InChI is InChI=1S/C7H8/c1-2-4-7-5-6(7)3-1/h1-4,6-7H,5H2/t6-,7?/m0/s1. The van der Waals surface area contributed by atoms with Crippen LogP contribution in [0.15, 0.2) is 24.3 Å². The fourth-order valence-electron chi connectivity index (χ4n) is 1.09. The minimum atomic E-state index is 0.935. The molecule has 0 heteroatoms. The molecule has 0 aliphatic heterocycles. The second-order valence-corrected chi connectivity index (χ2v) is 2.33. The Bertz CT molecular complexity index is 115. The summed E-state index contributed by atoms with van der Waals surface area (Å²) in [6.45, 7) is 0. The van der Waals surface area contributed by atoms with E-state index in [1.54, 1.807) is 0 Å². The molecule has 0 amide bonds. The van der Waals surface area contributed by atoms with Crippen LogP contribution in [-0.4, -0.2) is 0 Å². The van der Waals surface area contributed by atoms with Gasteiger partial charge in [-0.2, -0.15) is 0 Å². The third kappa shape index (κ3) is 0.426. The molecule has 1 unspecified atom stereocenters. The van der Waals surface area contributed by atoms with Gasteiger partial charge >= 0.3 is 0 Å². The molecule has 0 spiro atoms. The molecule has 2 aliphatic rings. The van der Waals surface area contributed by atoms with E-state index < -0.39 is 0 Å². The van der Waals surface area contributed by atoms with Crippen molar-refractivity contribution in [3.63, 3.8) is 0 Å². The Morgan fingerprint density at radius 1 is 1.00 bits per heavy atom. The minimum absolute atomic E-state index is 0.935. The van der Waals surface area contributed by atoms with E-state index in [1.807, 2.05) is 0 Å². The topological polar surface area (TPSA) is 0 Å². The van der Waals surface area contributed by atoms with Gasteiger partial charge in [-0.05, 0) is 18.3 Å². The van der Waals surface area contributed by atoms with E-state index in [-0.39, 0.29) is 0 Å². The molecule has 0 aromatic rings. The summed E-state index contributed by atoms with van der Waals surface area (Å²) in [6, 6.07) is 0. The molecule has 0 N–H and O–H groups in total. The lowest BCUT2D eigenvalue weighted by Crippen LogP contribution is -1.74. The van der Waals surface area contributed by atoms with Gasteiger partial charge in [0.15, 0.2) is 0 Å². The summed E-state index contributed by atoms with van der Waals surface area (Å²) < 4.78 is 0. The first kappa shape index (κ1) is 3.48. The van der Waals surface area contributed by atoms with E-state index in [0.717, 1.165) is 11.8 Å². The van der Waals surface area contributed by atoms with Crippen LogP contribution in [0.3, 0.4) is 0 Å². The van der Waals surface area contributed by atoms with Gasteiger partial charge < -0.3 is 0 Å². The van der Waals surface area contributed by atoms with Crippen molar-refractivity contribution in [3.8, 4) is 0 Å². The highest BCUT2D eigenvalue weighted by molar-refractivity contribution is 5.21. The normalized spacial score (nSPS) is 43.4. The maximum Gasteiger partial charge on any atom is -0.0161 e. The van der Waals surface area contributed by atoms with Crippen LogP contribution < -0.4 is 0 Å². The molecule has 7 heavy (non-hydrogen) atoms. The Morgan fingerprint density at radius 2 is 1.57 bits per heavy atom. The molecule has 1 saturated carbocycles. The van der Waals surface area contributed by atoms with Crippen molar-refractivity contribution in [2.75, 3.05) is 0 Å². The van der Waals surface area contributed by atoms with Crippen molar-refractivity contribution in [1.29, 1.82) is 0 Å². The molecule has 2 atom stereocenters. The first-order valence-corrected chi connectivity index (χ1v) is 2.82. The van der Waals surface area contributed by atoms with Crippen LogP contribution >= 0.6 is 0 Å². The predicted octanol–water partition coefficient (Wildman–Crippen LogP) is 1.75. The van der Waals surface area contributed by atoms with Gasteiger partial charge in [0.05, 0.1) is 0 Å². The first-order valence-electron chi connectivity index (χ1n) is 2.82. The van der Waals surface area contributed by atoms with Crippen molar-refractivity contribution in [2.45, 2.75) is 6.42 Å². The van der Waals surface area contributed by atoms with Crippen LogP contribution in [0, 0.1) is 11.8 Å². The molecule has 0 radical (unpaired) electrons. The first-order chi connectivity index (χ1) is 3.47. The second kappa shape index (κ2) is 1.00. The Morgan fingerprint density at radius 3 is 2.00 bits per heavy atom. The van der Waals surface area contributed by atoms with Gasteiger partial charge in [-0.15, -0.1) is 0 Å². The second-order valence-electron chi connectivity index (χ2n) is 2.33. The maximum atomic E-state index is 2.30. The van der Waals surface area contributed by atoms with Gasteiger partial charge in [-0.1, -0.05) is 24.3 Å². The molecule has 0 aromatic heterocycles. The van der Waals surface area contributed by atoms with E-state index in [2.05, 4.69) is 24.3 Å². The van der Waals surface area contributed by atoms with Crippen LogP contribution in [0.2, 0.25) is 0 Å². The number of fused-ring (bicyclic) bond motifs is 1. The lowest BCUT2D eigenvalue weighted by atomic mass is 10.2. The summed E-state index contributed by atoms with van der Waals surface area (Å²) in [6.07, 6.45) is 10.3. The van der Waals surface area contributed by atoms with Crippen molar-refractivity contribution in [1.82, 2.24) is 0 Å². The van der Waals surface area contributed by atoms with Crippen LogP contribution in [0.25, 0.3) is 0 Å². The van der Waals surface area contributed by atoms with Crippen LogP contribution in [0.1, 0.15) is 6.42 Å². The molecule has 0 bridgehead atoms. The lowest BCUT2D eigenvalue weighted by molar-refractivity contribution is 0.981. The van der Waals surface area contributed by atoms with E-state index in [9.17, 15) is 0 Å². The molecule has 0 heterocycles. The quantitative estimate of drug-likeness (QED) is 0.427. The van der Waals surface area contributed by atoms with E-state index in [1.165, 1.54) is 6.42 Å². The summed E-state index contributed by atoms with van der Waals surface area (Å²) in [5.41, 5.74) is 0. The monoisotopic (exact) mass is 92.1 g/mol. The molecular weight excluding hydrogens is 84.1 g/mol. The largest absolute Gasteiger partial charge is 0.0808 e. The molecule has 0 aromatic carbocycles. The van der Waals surface area contributed by atoms with Gasteiger partial charge in [0.2, 0.25) is 0 Å². The minimum Gasteiger partial charge on any atom is -0.0808 e. The fraction of sp³-hybridized carbons (Fsp3) is 0.429. The average molecular weight is 92.1 g/mol. The SMILES string of the molecule is C1=CC2C[C@@H]2C=C1. The van der Waals surface area contributed by atoms with Gasteiger partial charge in [-0.25, -0.2) is 0 Å². The number of allylic oxidation sites excluding steroid dienone is 4. The summed E-state index contributed by atoms with van der Waals surface area (Å²) in [5, 5.41) is 0. The van der Waals surface area contributed by atoms with Crippen molar-refractivity contribution in [3.05, 3.63) is 24.3 Å². The molecular formula is C7H8. The third-order valence-corrected chi connectivity index (χ3v) is 1.72. The summed E-state index contributed by atoms with van der Waals surface area (Å²) in [5.74, 6) is 1.87. The maximum absolute atomic E-state index is 2.30. The van der Waals surface area contributed by atoms with Gasteiger partial charge in [0, 0.05) is 0 Å². The Balaban J connectivity index is 2.28. The molecule has 2 rings (SSSR count). The van der Waals surface area contributed by atoms with Crippen molar-refractivity contribution in [2.24, 2.45) is 11.8 Å². The van der Waals surface area contributed by atoms with Gasteiger partial charge in [-0.3, -0.25) is 0 Å². The third-order valence-electron chi connectivity index (χ3n) is 1.72. The highest BCUT2D eigenvalue weighted by Crippen LogP contribution is 2.42. The van der Waals surface area contributed by atoms with E-state index in [4.69, 9.17) is 0 Å². The van der Waals surface area contributed by atoms with Gasteiger partial charge in [0.25, 0.3) is 0 Å². The summed E-state index contributed by atoms with van der Waals surface area (Å²) in [7, 11) is 0. The average Bonchev–Trinajstić information content (AvgIpc) is 2.41. The number of rotatable bonds is 0. The number of hydrogen-bond acceptors (Lipinski definition) is 0. The molecule has 36 valence electrons. The Labute approximate surface area is 43.5 Å². The zero-order chi connectivity index (χ0) is 4.69. The van der Waals surface area contributed by atoms with Crippen LogP contribution in [0.5, 0.6) is 0 Å². The smallest absolute Gasteiger partial charge is 0.0161 e.